The molecule has 1 amide bonds. The smallest absolute Gasteiger partial charge is 0.265 e. The lowest BCUT2D eigenvalue weighted by Crippen LogP contribution is -2.30. The summed E-state index contributed by atoms with van der Waals surface area (Å²) in [6.45, 7) is 0.769. The number of carbonyl (C=O) groups is 1. The summed E-state index contributed by atoms with van der Waals surface area (Å²) in [5.41, 5.74) is 1.79. The Labute approximate surface area is 197 Å². The fourth-order valence-electron chi connectivity index (χ4n) is 3.68. The summed E-state index contributed by atoms with van der Waals surface area (Å²) in [5, 5.41) is 2.80. The quantitative estimate of drug-likeness (QED) is 0.488. The highest BCUT2D eigenvalue weighted by Gasteiger charge is 2.32. The van der Waals surface area contributed by atoms with Crippen LogP contribution >= 0.6 is 11.6 Å². The molecule has 1 N–H and O–H groups in total. The van der Waals surface area contributed by atoms with E-state index in [-0.39, 0.29) is 28.6 Å². The molecule has 0 aliphatic carbocycles. The Hall–Kier alpha value is -3.23. The maximum atomic E-state index is 13.3. The molecule has 172 valence electrons. The van der Waals surface area contributed by atoms with Crippen molar-refractivity contribution in [3.8, 4) is 11.5 Å². The van der Waals surface area contributed by atoms with Crippen LogP contribution in [0.25, 0.3) is 0 Å². The number of carbonyl (C=O) groups excluding carboxylic acids is 1. The van der Waals surface area contributed by atoms with Crippen molar-refractivity contribution in [1.82, 2.24) is 5.32 Å². The summed E-state index contributed by atoms with van der Waals surface area (Å²) in [6.07, 6.45) is 0.624. The van der Waals surface area contributed by atoms with Gasteiger partial charge in [0.2, 0.25) is 0 Å². The summed E-state index contributed by atoms with van der Waals surface area (Å²) in [5.74, 6) is 0.744. The molecule has 7 nitrogen and oxygen atoms in total. The van der Waals surface area contributed by atoms with E-state index in [0.717, 1.165) is 5.56 Å². The third-order valence-corrected chi connectivity index (χ3v) is 7.62. The van der Waals surface area contributed by atoms with Crippen molar-refractivity contribution in [2.45, 2.75) is 11.3 Å². The van der Waals surface area contributed by atoms with Crippen LogP contribution in [0.4, 0.5) is 5.69 Å². The highest BCUT2D eigenvalue weighted by molar-refractivity contribution is 7.93. The number of nitrogens with one attached hydrogen (secondary N) is 1. The van der Waals surface area contributed by atoms with Gasteiger partial charge in [0.15, 0.2) is 11.5 Å². The van der Waals surface area contributed by atoms with Crippen LogP contribution in [-0.4, -0.2) is 41.1 Å². The summed E-state index contributed by atoms with van der Waals surface area (Å²) >= 11 is 6.24. The molecule has 3 aromatic carbocycles. The highest BCUT2D eigenvalue weighted by Crippen LogP contribution is 2.35. The van der Waals surface area contributed by atoms with Crippen LogP contribution in [0.2, 0.25) is 5.02 Å². The van der Waals surface area contributed by atoms with Crippen molar-refractivity contribution < 1.29 is 22.7 Å². The Morgan fingerprint density at radius 2 is 1.79 bits per heavy atom. The summed E-state index contributed by atoms with van der Waals surface area (Å²) in [6, 6.07) is 18.8. The molecule has 0 spiro atoms. The van der Waals surface area contributed by atoms with Crippen LogP contribution in [0, 0.1) is 0 Å². The number of anilines is 1. The van der Waals surface area contributed by atoms with E-state index < -0.39 is 15.9 Å². The zero-order valence-corrected chi connectivity index (χ0v) is 19.5. The number of benzene rings is 3. The number of ether oxygens (including phenoxy) is 2. The van der Waals surface area contributed by atoms with Gasteiger partial charge in [-0.05, 0) is 48.4 Å². The molecular weight excluding hydrogens is 464 g/mol. The van der Waals surface area contributed by atoms with Crippen LogP contribution in [-0.2, 0) is 16.4 Å². The van der Waals surface area contributed by atoms with Crippen LogP contribution in [0.3, 0.4) is 0 Å². The third-order valence-electron chi connectivity index (χ3n) is 5.32. The number of methoxy groups -OCH3 is 1. The van der Waals surface area contributed by atoms with E-state index in [2.05, 4.69) is 5.32 Å². The number of fused-ring (bicyclic) bond motifs is 1. The van der Waals surface area contributed by atoms with Gasteiger partial charge in [-0.15, -0.1) is 0 Å². The number of hydrogen-bond acceptors (Lipinski definition) is 5. The monoisotopic (exact) mass is 486 g/mol. The first-order valence-corrected chi connectivity index (χ1v) is 12.2. The molecule has 0 unspecified atom stereocenters. The molecule has 0 fully saturated rings. The third kappa shape index (κ3) is 4.77. The first-order valence-electron chi connectivity index (χ1n) is 10.4. The van der Waals surface area contributed by atoms with Gasteiger partial charge in [-0.3, -0.25) is 9.10 Å². The van der Waals surface area contributed by atoms with E-state index in [4.69, 9.17) is 21.1 Å². The minimum atomic E-state index is -3.92. The number of rotatable bonds is 8. The minimum Gasteiger partial charge on any atom is -0.493 e. The first kappa shape index (κ1) is 22.9. The van der Waals surface area contributed by atoms with Gasteiger partial charge in [-0.1, -0.05) is 41.9 Å². The average molecular weight is 487 g/mol. The molecule has 0 aromatic heterocycles. The summed E-state index contributed by atoms with van der Waals surface area (Å²) < 4.78 is 38.9. The maximum absolute atomic E-state index is 13.3. The predicted octanol–water partition coefficient (Wildman–Crippen LogP) is 3.91. The van der Waals surface area contributed by atoms with Gasteiger partial charge in [-0.2, -0.15) is 0 Å². The first-order chi connectivity index (χ1) is 15.9. The molecule has 0 saturated heterocycles. The number of amides is 1. The zero-order valence-electron chi connectivity index (χ0n) is 18.0. The van der Waals surface area contributed by atoms with E-state index >= 15 is 0 Å². The molecule has 9 heteroatoms. The van der Waals surface area contributed by atoms with E-state index in [0.29, 0.717) is 30.2 Å². The van der Waals surface area contributed by atoms with Crippen molar-refractivity contribution >= 4 is 33.2 Å². The molecule has 0 radical (unpaired) electrons. The SMILES string of the molecule is COc1ccccc1OCCNC(=O)c1ccc(Cl)c(S(=O)(=O)N2CCc3ccccc32)c1. The number of sulfonamides is 1. The Balaban J connectivity index is 1.45. The van der Waals surface area contributed by atoms with E-state index in [1.54, 1.807) is 31.4 Å². The van der Waals surface area contributed by atoms with Crippen LogP contribution in [0.1, 0.15) is 15.9 Å². The molecular formula is C24H23ClN2O5S. The lowest BCUT2D eigenvalue weighted by molar-refractivity contribution is 0.0946. The fourth-order valence-corrected chi connectivity index (χ4v) is 5.69. The zero-order chi connectivity index (χ0) is 23.4. The van der Waals surface area contributed by atoms with Gasteiger partial charge in [0.25, 0.3) is 15.9 Å². The second kappa shape index (κ2) is 9.72. The minimum absolute atomic E-state index is 0.0652. The molecule has 4 rings (SSSR count). The van der Waals surface area contributed by atoms with Crippen molar-refractivity contribution in [1.29, 1.82) is 0 Å². The van der Waals surface area contributed by atoms with Crippen LogP contribution < -0.4 is 19.1 Å². The normalized spacial score (nSPS) is 12.8. The number of para-hydroxylation sites is 3. The van der Waals surface area contributed by atoms with E-state index in [1.165, 1.54) is 22.5 Å². The topological polar surface area (TPSA) is 84.9 Å². The van der Waals surface area contributed by atoms with Crippen LogP contribution in [0.15, 0.2) is 71.6 Å². The molecule has 0 atom stereocenters. The second-order valence-electron chi connectivity index (χ2n) is 7.36. The van der Waals surface area contributed by atoms with Crippen molar-refractivity contribution in [3.05, 3.63) is 82.9 Å². The molecule has 33 heavy (non-hydrogen) atoms. The van der Waals surface area contributed by atoms with Gasteiger partial charge >= 0.3 is 0 Å². The molecule has 3 aromatic rings. The van der Waals surface area contributed by atoms with Crippen molar-refractivity contribution in [2.75, 3.05) is 31.1 Å². The fraction of sp³-hybridized carbons (Fsp3) is 0.208. The summed E-state index contributed by atoms with van der Waals surface area (Å²) in [4.78, 5) is 12.5. The Kier molecular flexibility index (Phi) is 6.76. The largest absolute Gasteiger partial charge is 0.493 e. The van der Waals surface area contributed by atoms with Gasteiger partial charge in [0.05, 0.1) is 24.4 Å². The molecule has 0 saturated carbocycles. The second-order valence-corrected chi connectivity index (χ2v) is 9.59. The van der Waals surface area contributed by atoms with Crippen molar-refractivity contribution in [2.24, 2.45) is 0 Å². The standard InChI is InChI=1S/C24H23ClN2O5S/c1-31-21-8-4-5-9-22(21)32-15-13-26-24(28)18-10-11-19(25)23(16-18)33(29,30)27-14-12-17-6-2-3-7-20(17)27/h2-11,16H,12-15H2,1H3,(H,26,28). The lowest BCUT2D eigenvalue weighted by atomic mass is 10.2. The number of nitrogens with zero attached hydrogens (tertiary/aromatic N) is 1. The molecule has 1 heterocycles. The van der Waals surface area contributed by atoms with Crippen LogP contribution in [0.5, 0.6) is 11.5 Å². The molecule has 1 aliphatic heterocycles. The van der Waals surface area contributed by atoms with Gasteiger partial charge in [0.1, 0.15) is 11.5 Å². The average Bonchev–Trinajstić information content (AvgIpc) is 3.27. The van der Waals surface area contributed by atoms with Gasteiger partial charge in [0, 0.05) is 12.1 Å². The maximum Gasteiger partial charge on any atom is 0.265 e. The number of hydrogen-bond donors (Lipinski definition) is 1. The number of halogens is 1. The predicted molar refractivity (Wildman–Crippen MR) is 127 cm³/mol. The van der Waals surface area contributed by atoms with Gasteiger partial charge in [-0.25, -0.2) is 8.42 Å². The Morgan fingerprint density at radius 3 is 2.58 bits per heavy atom. The van der Waals surface area contributed by atoms with Crippen molar-refractivity contribution in [3.63, 3.8) is 0 Å². The van der Waals surface area contributed by atoms with E-state index in [1.807, 2.05) is 24.3 Å². The molecule has 0 bridgehead atoms. The van der Waals surface area contributed by atoms with E-state index in [9.17, 15) is 13.2 Å². The summed E-state index contributed by atoms with van der Waals surface area (Å²) in [7, 11) is -2.37. The Bertz CT molecular complexity index is 1280. The Morgan fingerprint density at radius 1 is 1.06 bits per heavy atom. The lowest BCUT2D eigenvalue weighted by Gasteiger charge is -2.20. The highest BCUT2D eigenvalue weighted by atomic mass is 35.5. The molecule has 1 aliphatic rings. The van der Waals surface area contributed by atoms with Gasteiger partial charge < -0.3 is 14.8 Å².